The van der Waals surface area contributed by atoms with Crippen LogP contribution in [0.3, 0.4) is 0 Å². The molecular formula is C40H30Br2N2. The number of halogens is 2. The van der Waals surface area contributed by atoms with Gasteiger partial charge in [0, 0.05) is 43.3 Å². The predicted octanol–water partition coefficient (Wildman–Crippen LogP) is 11.4. The van der Waals surface area contributed by atoms with E-state index in [1.54, 1.807) is 0 Å². The van der Waals surface area contributed by atoms with Crippen LogP contribution in [0.5, 0.6) is 0 Å². The molecule has 0 aliphatic carbocycles. The van der Waals surface area contributed by atoms with Crippen LogP contribution in [-0.2, 0) is 12.8 Å². The predicted molar refractivity (Wildman–Crippen MR) is 196 cm³/mol. The maximum atomic E-state index is 3.69. The third kappa shape index (κ3) is 4.43. The number of hydrogen-bond acceptors (Lipinski definition) is 0. The summed E-state index contributed by atoms with van der Waals surface area (Å²) >= 11 is 7.39. The quantitative estimate of drug-likeness (QED) is 0.147. The highest BCUT2D eigenvalue weighted by Crippen LogP contribution is 2.41. The molecule has 0 bridgehead atoms. The molecule has 2 nitrogen and oxygen atoms in total. The van der Waals surface area contributed by atoms with Gasteiger partial charge >= 0.3 is 0 Å². The smallest absolute Gasteiger partial charge is 0.0544 e. The Hall–Kier alpha value is -4.12. The molecule has 0 unspecified atom stereocenters. The molecule has 8 rings (SSSR count). The Kier molecular flexibility index (Phi) is 7.12. The molecule has 0 aliphatic rings. The van der Waals surface area contributed by atoms with Gasteiger partial charge in [0.15, 0.2) is 0 Å². The van der Waals surface area contributed by atoms with Crippen LogP contribution in [-0.4, -0.2) is 19.8 Å². The lowest BCUT2D eigenvalue weighted by Crippen LogP contribution is -2.03. The van der Waals surface area contributed by atoms with E-state index in [1.165, 1.54) is 77.2 Å². The van der Waals surface area contributed by atoms with E-state index in [2.05, 4.69) is 174 Å². The first-order valence-electron chi connectivity index (χ1n) is 15.1. The van der Waals surface area contributed by atoms with E-state index >= 15 is 0 Å². The van der Waals surface area contributed by atoms with Crippen molar-refractivity contribution in [2.75, 3.05) is 10.7 Å². The first-order valence-corrected chi connectivity index (χ1v) is 17.4. The van der Waals surface area contributed by atoms with Crippen LogP contribution in [0.4, 0.5) is 0 Å². The third-order valence-corrected chi connectivity index (χ3v) is 9.62. The Morgan fingerprint density at radius 3 is 1.02 bits per heavy atom. The fourth-order valence-corrected chi connectivity index (χ4v) is 7.79. The fourth-order valence-electron chi connectivity index (χ4n) is 6.87. The van der Waals surface area contributed by atoms with Gasteiger partial charge in [0.05, 0.1) is 33.4 Å². The SMILES string of the molecule is BrCCc1ccc(-c2ccc(CCBr)cc2-n2c3ccccc3c3ccccc32)c(-n2c3ccccc3c3ccccc32)c1. The van der Waals surface area contributed by atoms with Gasteiger partial charge in [0.25, 0.3) is 0 Å². The summed E-state index contributed by atoms with van der Waals surface area (Å²) in [6, 6.07) is 49.3. The van der Waals surface area contributed by atoms with Crippen LogP contribution < -0.4 is 0 Å². The summed E-state index contributed by atoms with van der Waals surface area (Å²) in [5, 5.41) is 6.94. The first kappa shape index (κ1) is 27.4. The monoisotopic (exact) mass is 696 g/mol. The van der Waals surface area contributed by atoms with E-state index in [-0.39, 0.29) is 0 Å². The topological polar surface area (TPSA) is 9.86 Å². The van der Waals surface area contributed by atoms with Crippen LogP contribution in [0.15, 0.2) is 133 Å². The molecule has 0 atom stereocenters. The van der Waals surface area contributed by atoms with E-state index in [9.17, 15) is 0 Å². The van der Waals surface area contributed by atoms with Gasteiger partial charge in [-0.1, -0.05) is 129 Å². The third-order valence-electron chi connectivity index (χ3n) is 8.82. The molecule has 0 spiro atoms. The minimum atomic E-state index is 0.923. The maximum absolute atomic E-state index is 3.69. The summed E-state index contributed by atoms with van der Waals surface area (Å²) in [7, 11) is 0. The average molecular weight is 699 g/mol. The number of rotatable bonds is 7. The van der Waals surface area contributed by atoms with E-state index in [0.717, 1.165) is 23.5 Å². The number of hydrogen-bond donors (Lipinski definition) is 0. The zero-order chi connectivity index (χ0) is 29.6. The molecule has 0 fully saturated rings. The molecule has 4 heteroatoms. The summed E-state index contributed by atoms with van der Waals surface area (Å²) in [6.07, 6.45) is 1.93. The van der Waals surface area contributed by atoms with Gasteiger partial charge in [0.2, 0.25) is 0 Å². The normalized spacial score (nSPS) is 11.8. The van der Waals surface area contributed by atoms with Crippen LogP contribution in [0.1, 0.15) is 11.1 Å². The highest BCUT2D eigenvalue weighted by Gasteiger charge is 2.20. The molecule has 6 aromatic carbocycles. The van der Waals surface area contributed by atoms with Gasteiger partial charge < -0.3 is 9.13 Å². The summed E-state index contributed by atoms with van der Waals surface area (Å²) in [6.45, 7) is 0. The lowest BCUT2D eigenvalue weighted by Gasteiger charge is -2.20. The molecule has 0 saturated carbocycles. The van der Waals surface area contributed by atoms with Crippen molar-refractivity contribution < 1.29 is 0 Å². The van der Waals surface area contributed by atoms with Crippen molar-refractivity contribution in [1.29, 1.82) is 0 Å². The van der Waals surface area contributed by atoms with E-state index in [1.807, 2.05) is 0 Å². The largest absolute Gasteiger partial charge is 0.309 e. The Labute approximate surface area is 273 Å². The number of para-hydroxylation sites is 4. The summed E-state index contributed by atoms with van der Waals surface area (Å²) in [4.78, 5) is 0. The lowest BCUT2D eigenvalue weighted by molar-refractivity contribution is 1.11. The van der Waals surface area contributed by atoms with Crippen molar-refractivity contribution >= 4 is 75.5 Å². The van der Waals surface area contributed by atoms with Crippen LogP contribution >= 0.6 is 31.9 Å². The van der Waals surface area contributed by atoms with Crippen molar-refractivity contribution in [3.8, 4) is 22.5 Å². The van der Waals surface area contributed by atoms with Gasteiger partial charge in [-0.3, -0.25) is 0 Å². The number of alkyl halides is 2. The fraction of sp³-hybridized carbons (Fsp3) is 0.100. The highest BCUT2D eigenvalue weighted by atomic mass is 79.9. The second-order valence-corrected chi connectivity index (χ2v) is 12.9. The van der Waals surface area contributed by atoms with Gasteiger partial charge in [-0.15, -0.1) is 0 Å². The zero-order valence-corrected chi connectivity index (χ0v) is 27.4. The van der Waals surface area contributed by atoms with Gasteiger partial charge in [-0.2, -0.15) is 0 Å². The molecule has 8 aromatic rings. The number of nitrogens with zero attached hydrogens (tertiary/aromatic N) is 2. The van der Waals surface area contributed by atoms with E-state index in [0.29, 0.717) is 0 Å². The Bertz CT molecular complexity index is 2050. The molecule has 0 saturated heterocycles. The molecule has 0 amide bonds. The molecule has 2 aromatic heterocycles. The van der Waals surface area contributed by atoms with Crippen molar-refractivity contribution in [3.63, 3.8) is 0 Å². The van der Waals surface area contributed by atoms with Crippen molar-refractivity contribution in [1.82, 2.24) is 9.13 Å². The van der Waals surface area contributed by atoms with Crippen molar-refractivity contribution in [2.24, 2.45) is 0 Å². The van der Waals surface area contributed by atoms with Crippen molar-refractivity contribution in [3.05, 3.63) is 145 Å². The highest BCUT2D eigenvalue weighted by molar-refractivity contribution is 9.09. The number of aromatic nitrogens is 2. The van der Waals surface area contributed by atoms with Crippen LogP contribution in [0, 0.1) is 0 Å². The first-order chi connectivity index (χ1) is 21.8. The zero-order valence-electron chi connectivity index (χ0n) is 24.2. The average Bonchev–Trinajstić information content (AvgIpc) is 3.58. The van der Waals surface area contributed by atoms with Gasteiger partial charge in [0.1, 0.15) is 0 Å². The van der Waals surface area contributed by atoms with Crippen LogP contribution in [0.2, 0.25) is 0 Å². The molecular weight excluding hydrogens is 668 g/mol. The Balaban J connectivity index is 1.49. The van der Waals surface area contributed by atoms with Gasteiger partial charge in [-0.25, -0.2) is 0 Å². The second kappa shape index (κ2) is 11.4. The summed E-state index contributed by atoms with van der Waals surface area (Å²) in [5.74, 6) is 0. The maximum Gasteiger partial charge on any atom is 0.0544 e. The standard InChI is InChI=1S/C40H30Br2N2/c41-23-21-27-17-19-33(39(25-27)43-35-13-5-1-9-29(35)30-10-2-6-14-36(30)43)34-20-18-28(22-24-42)26-40(34)44-37-15-7-3-11-31(37)32-12-4-8-16-38(32)44/h1-20,25-26H,21-24H2. The minimum absolute atomic E-state index is 0.923. The summed E-state index contributed by atoms with van der Waals surface area (Å²) < 4.78 is 4.94. The molecule has 44 heavy (non-hydrogen) atoms. The molecule has 0 aliphatic heterocycles. The number of aryl methyl sites for hydroxylation is 2. The summed E-state index contributed by atoms with van der Waals surface area (Å²) in [5.41, 5.74) is 12.4. The van der Waals surface area contributed by atoms with Gasteiger partial charge in [-0.05, 0) is 60.4 Å². The number of fused-ring (bicyclic) bond motifs is 6. The van der Waals surface area contributed by atoms with Crippen molar-refractivity contribution in [2.45, 2.75) is 12.8 Å². The van der Waals surface area contributed by atoms with Crippen LogP contribution in [0.25, 0.3) is 66.1 Å². The molecule has 0 N–H and O–H groups in total. The molecule has 2 heterocycles. The minimum Gasteiger partial charge on any atom is -0.309 e. The molecule has 0 radical (unpaired) electrons. The van der Waals surface area contributed by atoms with E-state index < -0.39 is 0 Å². The van der Waals surface area contributed by atoms with E-state index in [4.69, 9.17) is 0 Å². The molecule has 214 valence electrons. The Morgan fingerprint density at radius 1 is 0.386 bits per heavy atom. The Morgan fingerprint density at radius 2 is 0.705 bits per heavy atom. The number of benzene rings is 6. The lowest BCUT2D eigenvalue weighted by atomic mass is 9.96. The second-order valence-electron chi connectivity index (χ2n) is 11.3.